The zero-order valence-electron chi connectivity index (χ0n) is 7.58. The van der Waals surface area contributed by atoms with Gasteiger partial charge in [0.1, 0.15) is 0 Å². The van der Waals surface area contributed by atoms with Crippen LogP contribution in [0.25, 0.3) is 0 Å². The molecule has 0 saturated carbocycles. The second-order valence-corrected chi connectivity index (χ2v) is 33.0. The summed E-state index contributed by atoms with van der Waals surface area (Å²) < 4.78 is 8.58. The molecule has 0 spiro atoms. The standard InChI is InChI=1S/C7H10I4N4/c8-11(10-12)5-6-1-3-7(4-2-6)15(9)14-13/h1-4H,5,12-13H2/q-1. The van der Waals surface area contributed by atoms with E-state index in [0.717, 1.165) is 5.69 Å². The molecule has 0 heterocycles. The zero-order valence-corrected chi connectivity index (χ0v) is 16.2. The molecule has 15 heavy (non-hydrogen) atoms. The van der Waals surface area contributed by atoms with Crippen LogP contribution < -0.4 is 50.2 Å². The number of nitrogens with two attached hydrogens (primary N) is 2. The molecule has 0 aliphatic carbocycles. The summed E-state index contributed by atoms with van der Waals surface area (Å²) in [6.45, 7) is 0. The van der Waals surface area contributed by atoms with Crippen LogP contribution >= 0.6 is 30.5 Å². The maximum atomic E-state index is 5.75. The molecule has 4 nitrogen and oxygen atoms in total. The van der Waals surface area contributed by atoms with Gasteiger partial charge in [-0.1, -0.05) is 0 Å². The van der Waals surface area contributed by atoms with Crippen molar-refractivity contribution in [1.29, 1.82) is 0 Å². The fraction of sp³-hybridized carbons (Fsp3) is 0.143. The van der Waals surface area contributed by atoms with E-state index in [1.807, 2.05) is 12.1 Å². The van der Waals surface area contributed by atoms with Crippen molar-refractivity contribution in [2.75, 3.05) is 0 Å². The van der Waals surface area contributed by atoms with Gasteiger partial charge in [-0.2, -0.15) is 0 Å². The topological polar surface area (TPSA) is 67.4 Å². The third-order valence-electron chi connectivity index (χ3n) is 1.60. The zero-order chi connectivity index (χ0) is 11.3. The number of hydrogen-bond acceptors (Lipinski definition) is 2. The van der Waals surface area contributed by atoms with Crippen LogP contribution in [0.3, 0.4) is 0 Å². The van der Waals surface area contributed by atoms with Gasteiger partial charge < -0.3 is 0 Å². The van der Waals surface area contributed by atoms with Crippen LogP contribution in [0, 0.1) is 0 Å². The van der Waals surface area contributed by atoms with Gasteiger partial charge in [0, 0.05) is 0 Å². The van der Waals surface area contributed by atoms with Gasteiger partial charge in [-0.15, -0.1) is 0 Å². The Labute approximate surface area is 126 Å². The summed E-state index contributed by atoms with van der Waals surface area (Å²) in [5, 5.41) is 3.58. The number of alkyl halides is 1. The fourth-order valence-electron chi connectivity index (χ4n) is 0.921. The molecule has 1 aromatic rings. The summed E-state index contributed by atoms with van der Waals surface area (Å²) in [5.41, 5.74) is 2.38. The van der Waals surface area contributed by atoms with Gasteiger partial charge in [-0.3, -0.25) is 0 Å². The Kier molecular flexibility index (Phi) is 7.53. The van der Waals surface area contributed by atoms with Gasteiger partial charge in [0.25, 0.3) is 0 Å². The van der Waals surface area contributed by atoms with Crippen molar-refractivity contribution in [3.05, 3.63) is 29.8 Å². The third-order valence-corrected chi connectivity index (χ3v) is 19.7. The number of rotatable bonds is 4. The van der Waals surface area contributed by atoms with Crippen LogP contribution in [-0.4, -0.2) is 2.91 Å². The van der Waals surface area contributed by atoms with Gasteiger partial charge >= 0.3 is 129 Å². The molecule has 1 aromatic carbocycles. The van der Waals surface area contributed by atoms with Crippen molar-refractivity contribution in [2.45, 2.75) is 4.43 Å². The first kappa shape index (κ1) is 14.6. The monoisotopic (exact) mass is 658 g/mol. The Morgan fingerprint density at radius 3 is 2.53 bits per heavy atom. The molecule has 8 heteroatoms. The molecule has 0 aliphatic rings. The summed E-state index contributed by atoms with van der Waals surface area (Å²) in [6, 6.07) is 8.34. The second-order valence-electron chi connectivity index (χ2n) is 2.51. The van der Waals surface area contributed by atoms with Gasteiger partial charge in [0.05, 0.1) is 0 Å². The molecule has 1 radical (unpaired) electrons. The third kappa shape index (κ3) is 5.12. The molecule has 87 valence electrons. The molecule has 0 aromatic heterocycles. The Balaban J connectivity index is 2.72. The normalized spacial score (nSPS) is 13.0. The van der Waals surface area contributed by atoms with Gasteiger partial charge in [0.2, 0.25) is 0 Å². The number of halogens is 4. The van der Waals surface area contributed by atoms with Crippen molar-refractivity contribution in [3.8, 4) is 0 Å². The van der Waals surface area contributed by atoms with E-state index in [0.29, 0.717) is 0 Å². The Morgan fingerprint density at radius 1 is 1.47 bits per heavy atom. The SMILES string of the molecule is NN=[N+]([I-])c1ccc(CI(I)[I-]N)cc1. The quantitative estimate of drug-likeness (QED) is 0.0878. The number of benzene rings is 1. The summed E-state index contributed by atoms with van der Waals surface area (Å²) in [4.78, 5) is 0. The van der Waals surface area contributed by atoms with Crippen LogP contribution in [0.15, 0.2) is 29.5 Å². The number of hydrogen-bond donors (Lipinski definition) is 2. The van der Waals surface area contributed by atoms with Crippen LogP contribution in [0.1, 0.15) is 5.56 Å². The first-order valence-electron chi connectivity index (χ1n) is 3.80. The van der Waals surface area contributed by atoms with Crippen molar-refractivity contribution < 1.29 is 43.3 Å². The molecule has 0 bridgehead atoms. The van der Waals surface area contributed by atoms with E-state index < -0.39 is 11.9 Å². The molecular formula is C7H10I4N4-. The van der Waals surface area contributed by atoms with E-state index in [2.05, 4.69) is 58.8 Å². The molecule has 0 atom stereocenters. The van der Waals surface area contributed by atoms with E-state index >= 15 is 0 Å². The molecule has 0 unspecified atom stereocenters. The number of nitrogens with zero attached hydrogens (tertiary/aromatic N) is 2. The van der Waals surface area contributed by atoms with Crippen LogP contribution in [-0.2, 0) is 4.43 Å². The molecule has 1 rings (SSSR count). The van der Waals surface area contributed by atoms with Crippen molar-refractivity contribution in [3.63, 3.8) is 0 Å². The van der Waals surface area contributed by atoms with Crippen LogP contribution in [0.4, 0.5) is 5.69 Å². The summed E-state index contributed by atoms with van der Waals surface area (Å²) in [6.07, 6.45) is 0. The van der Waals surface area contributed by atoms with Crippen LogP contribution in [0.5, 0.6) is 0 Å². The summed E-state index contributed by atoms with van der Waals surface area (Å²) >= 11 is 3.78. The van der Waals surface area contributed by atoms with E-state index in [4.69, 9.17) is 9.79 Å². The molecule has 0 amide bonds. The molecule has 4 N–H and O–H groups in total. The van der Waals surface area contributed by atoms with Crippen molar-refractivity contribution >= 4 is 36.2 Å². The Hall–Kier alpha value is 1.50. The minimum atomic E-state index is -0.823. The Morgan fingerprint density at radius 2 is 2.07 bits per heavy atom. The van der Waals surface area contributed by atoms with Crippen molar-refractivity contribution in [2.24, 2.45) is 15.0 Å². The average Bonchev–Trinajstić information content (AvgIpc) is 2.29. The summed E-state index contributed by atoms with van der Waals surface area (Å²) in [7, 11) is 0. The van der Waals surface area contributed by atoms with Gasteiger partial charge in [-0.25, -0.2) is 0 Å². The fourth-order valence-corrected chi connectivity index (χ4v) is 8.17. The van der Waals surface area contributed by atoms with Gasteiger partial charge in [0.15, 0.2) is 0 Å². The molecular weight excluding hydrogens is 648 g/mol. The minimum absolute atomic E-state index is 0.0122. The van der Waals surface area contributed by atoms with Crippen molar-refractivity contribution in [1.82, 2.24) is 0 Å². The first-order valence-corrected chi connectivity index (χ1v) is 20.1. The predicted octanol–water partition coefficient (Wildman–Crippen LogP) is -3.64. The predicted molar refractivity (Wildman–Crippen MR) is 68.9 cm³/mol. The summed E-state index contributed by atoms with van der Waals surface area (Å²) in [5.74, 6) is 5.18. The first-order chi connectivity index (χ1) is 7.17. The van der Waals surface area contributed by atoms with E-state index in [9.17, 15) is 0 Å². The van der Waals surface area contributed by atoms with Crippen LogP contribution in [0.2, 0.25) is 0 Å². The van der Waals surface area contributed by atoms with E-state index in [-0.39, 0.29) is 17.5 Å². The second kappa shape index (κ2) is 7.75. The molecule has 0 aliphatic heterocycles. The van der Waals surface area contributed by atoms with E-state index in [1.54, 1.807) is 2.91 Å². The maximum absolute atomic E-state index is 5.75. The van der Waals surface area contributed by atoms with Gasteiger partial charge in [-0.05, 0) is 0 Å². The van der Waals surface area contributed by atoms with E-state index in [1.165, 1.54) is 9.99 Å². The molecule has 0 fully saturated rings. The molecule has 0 saturated heterocycles. The Bertz CT molecular complexity index is 339. The average molecular weight is 658 g/mol.